The van der Waals surface area contributed by atoms with Gasteiger partial charge in [-0.1, -0.05) is 20.8 Å². The SMILES string of the molecule is Cc1nn(C)cc1CN1CCc2nc(C(C)(C)C)[nH]c(=O)c2C1. The lowest BCUT2D eigenvalue weighted by Gasteiger charge is -2.28. The van der Waals surface area contributed by atoms with Crippen molar-refractivity contribution in [2.45, 2.75) is 52.6 Å². The van der Waals surface area contributed by atoms with E-state index in [1.807, 2.05) is 18.7 Å². The Kier molecular flexibility index (Phi) is 3.88. The van der Waals surface area contributed by atoms with Crippen LogP contribution in [0.25, 0.3) is 0 Å². The highest BCUT2D eigenvalue weighted by Gasteiger charge is 2.25. The molecular formula is C17H25N5O. The number of aromatic nitrogens is 4. The molecule has 0 radical (unpaired) electrons. The highest BCUT2D eigenvalue weighted by atomic mass is 16.1. The Bertz CT molecular complexity index is 781. The van der Waals surface area contributed by atoms with Crippen molar-refractivity contribution in [2.75, 3.05) is 6.54 Å². The Labute approximate surface area is 136 Å². The first-order valence-corrected chi connectivity index (χ1v) is 8.08. The second-order valence-electron chi connectivity index (χ2n) is 7.46. The van der Waals surface area contributed by atoms with Crippen LogP contribution in [0.15, 0.2) is 11.0 Å². The molecule has 3 heterocycles. The Morgan fingerprint density at radius 1 is 1.35 bits per heavy atom. The van der Waals surface area contributed by atoms with Crippen LogP contribution in [0, 0.1) is 6.92 Å². The van der Waals surface area contributed by atoms with Gasteiger partial charge in [0.15, 0.2) is 0 Å². The molecule has 6 nitrogen and oxygen atoms in total. The zero-order chi connectivity index (χ0) is 16.8. The van der Waals surface area contributed by atoms with Gasteiger partial charge < -0.3 is 4.98 Å². The van der Waals surface area contributed by atoms with E-state index < -0.39 is 0 Å². The van der Waals surface area contributed by atoms with Crippen molar-refractivity contribution < 1.29 is 0 Å². The molecule has 0 saturated heterocycles. The van der Waals surface area contributed by atoms with Crippen LogP contribution in [-0.4, -0.2) is 31.2 Å². The van der Waals surface area contributed by atoms with Crippen LogP contribution < -0.4 is 5.56 Å². The number of H-pyrrole nitrogens is 1. The van der Waals surface area contributed by atoms with Gasteiger partial charge >= 0.3 is 0 Å². The smallest absolute Gasteiger partial charge is 0.255 e. The number of nitrogens with one attached hydrogen (secondary N) is 1. The molecule has 2 aromatic rings. The van der Waals surface area contributed by atoms with Crippen molar-refractivity contribution >= 4 is 0 Å². The van der Waals surface area contributed by atoms with Crippen molar-refractivity contribution in [3.8, 4) is 0 Å². The molecular weight excluding hydrogens is 290 g/mol. The van der Waals surface area contributed by atoms with E-state index in [0.717, 1.165) is 42.3 Å². The lowest BCUT2D eigenvalue weighted by Crippen LogP contribution is -2.37. The molecule has 0 aliphatic carbocycles. The Morgan fingerprint density at radius 3 is 2.70 bits per heavy atom. The van der Waals surface area contributed by atoms with E-state index in [2.05, 4.69) is 42.0 Å². The molecule has 0 aromatic carbocycles. The number of fused-ring (bicyclic) bond motifs is 1. The van der Waals surface area contributed by atoms with Crippen LogP contribution in [-0.2, 0) is 32.0 Å². The van der Waals surface area contributed by atoms with Crippen molar-refractivity contribution in [2.24, 2.45) is 7.05 Å². The van der Waals surface area contributed by atoms with E-state index in [4.69, 9.17) is 4.98 Å². The maximum Gasteiger partial charge on any atom is 0.255 e. The third-order valence-electron chi connectivity index (χ3n) is 4.37. The Hall–Kier alpha value is -1.95. The molecule has 0 atom stereocenters. The third-order valence-corrected chi connectivity index (χ3v) is 4.37. The predicted molar refractivity (Wildman–Crippen MR) is 89.3 cm³/mol. The predicted octanol–water partition coefficient (Wildman–Crippen LogP) is 1.67. The lowest BCUT2D eigenvalue weighted by molar-refractivity contribution is 0.240. The molecule has 0 spiro atoms. The number of aryl methyl sites for hydroxylation is 2. The van der Waals surface area contributed by atoms with Gasteiger partial charge in [-0.25, -0.2) is 4.98 Å². The molecule has 23 heavy (non-hydrogen) atoms. The summed E-state index contributed by atoms with van der Waals surface area (Å²) < 4.78 is 1.84. The minimum Gasteiger partial charge on any atom is -0.310 e. The van der Waals surface area contributed by atoms with E-state index in [1.165, 1.54) is 5.56 Å². The number of rotatable bonds is 2. The van der Waals surface area contributed by atoms with Gasteiger partial charge in [0.2, 0.25) is 0 Å². The highest BCUT2D eigenvalue weighted by molar-refractivity contribution is 5.23. The van der Waals surface area contributed by atoms with Gasteiger partial charge in [-0.2, -0.15) is 5.10 Å². The normalized spacial score (nSPS) is 15.7. The van der Waals surface area contributed by atoms with Gasteiger partial charge in [0.25, 0.3) is 5.56 Å². The van der Waals surface area contributed by atoms with Crippen LogP contribution in [0.4, 0.5) is 0 Å². The van der Waals surface area contributed by atoms with Gasteiger partial charge in [0.05, 0.1) is 17.0 Å². The van der Waals surface area contributed by atoms with E-state index in [1.54, 1.807) is 0 Å². The first-order chi connectivity index (χ1) is 10.7. The van der Waals surface area contributed by atoms with E-state index in [9.17, 15) is 4.79 Å². The summed E-state index contributed by atoms with van der Waals surface area (Å²) in [4.78, 5) is 22.4. The van der Waals surface area contributed by atoms with E-state index in [0.29, 0.717) is 6.54 Å². The highest BCUT2D eigenvalue weighted by Crippen LogP contribution is 2.21. The summed E-state index contributed by atoms with van der Waals surface area (Å²) in [5, 5.41) is 4.39. The summed E-state index contributed by atoms with van der Waals surface area (Å²) in [6.45, 7) is 10.6. The topological polar surface area (TPSA) is 66.8 Å². The quantitative estimate of drug-likeness (QED) is 0.915. The molecule has 6 heteroatoms. The Balaban J connectivity index is 1.84. The summed E-state index contributed by atoms with van der Waals surface area (Å²) in [5.41, 5.74) is 3.90. The zero-order valence-electron chi connectivity index (χ0n) is 14.6. The minimum atomic E-state index is -0.141. The van der Waals surface area contributed by atoms with Gasteiger partial charge in [0, 0.05) is 50.3 Å². The average molecular weight is 315 g/mol. The maximum absolute atomic E-state index is 12.5. The van der Waals surface area contributed by atoms with Crippen molar-refractivity contribution in [1.82, 2.24) is 24.6 Å². The number of aromatic amines is 1. The fraction of sp³-hybridized carbons (Fsp3) is 0.588. The van der Waals surface area contributed by atoms with Crippen molar-refractivity contribution in [1.29, 1.82) is 0 Å². The van der Waals surface area contributed by atoms with Crippen molar-refractivity contribution in [3.63, 3.8) is 0 Å². The maximum atomic E-state index is 12.5. The van der Waals surface area contributed by atoms with E-state index in [-0.39, 0.29) is 11.0 Å². The van der Waals surface area contributed by atoms with Crippen LogP contribution in [0.3, 0.4) is 0 Å². The molecule has 0 unspecified atom stereocenters. The largest absolute Gasteiger partial charge is 0.310 e. The summed E-state index contributed by atoms with van der Waals surface area (Å²) >= 11 is 0. The fourth-order valence-corrected chi connectivity index (χ4v) is 3.02. The second kappa shape index (κ2) is 5.60. The number of hydrogen-bond donors (Lipinski definition) is 1. The molecule has 0 amide bonds. The van der Waals surface area contributed by atoms with Crippen LogP contribution in [0.1, 0.15) is 49.1 Å². The van der Waals surface area contributed by atoms with Crippen LogP contribution in [0.5, 0.6) is 0 Å². The van der Waals surface area contributed by atoms with Gasteiger partial charge in [-0.05, 0) is 6.92 Å². The first-order valence-electron chi connectivity index (χ1n) is 8.08. The number of nitrogens with zero attached hydrogens (tertiary/aromatic N) is 4. The average Bonchev–Trinajstić information content (AvgIpc) is 2.76. The summed E-state index contributed by atoms with van der Waals surface area (Å²) in [6, 6.07) is 0. The first kappa shape index (κ1) is 15.9. The Morgan fingerprint density at radius 2 is 2.09 bits per heavy atom. The van der Waals surface area contributed by atoms with Crippen LogP contribution in [0.2, 0.25) is 0 Å². The number of hydrogen-bond acceptors (Lipinski definition) is 4. The zero-order valence-corrected chi connectivity index (χ0v) is 14.6. The summed E-state index contributed by atoms with van der Waals surface area (Å²) in [6.07, 6.45) is 2.87. The molecule has 2 aromatic heterocycles. The third kappa shape index (κ3) is 3.22. The second-order valence-corrected chi connectivity index (χ2v) is 7.46. The molecule has 1 N–H and O–H groups in total. The molecule has 1 aliphatic rings. The lowest BCUT2D eigenvalue weighted by atomic mass is 9.95. The fourth-order valence-electron chi connectivity index (χ4n) is 3.02. The van der Waals surface area contributed by atoms with E-state index >= 15 is 0 Å². The monoisotopic (exact) mass is 315 g/mol. The summed E-state index contributed by atoms with van der Waals surface area (Å²) in [7, 11) is 1.94. The van der Waals surface area contributed by atoms with Gasteiger partial charge in [-0.3, -0.25) is 14.4 Å². The molecule has 124 valence electrons. The molecule has 0 fully saturated rings. The molecule has 3 rings (SSSR count). The molecule has 0 bridgehead atoms. The molecule has 1 aliphatic heterocycles. The van der Waals surface area contributed by atoms with Crippen molar-refractivity contribution in [3.05, 3.63) is 44.9 Å². The van der Waals surface area contributed by atoms with Crippen LogP contribution >= 0.6 is 0 Å². The van der Waals surface area contributed by atoms with Gasteiger partial charge in [-0.15, -0.1) is 0 Å². The summed E-state index contributed by atoms with van der Waals surface area (Å²) in [5.74, 6) is 0.776. The minimum absolute atomic E-state index is 0.00698. The standard InChI is InChI=1S/C17H25N5O/c1-11-12(8-21(5)20-11)9-22-7-6-14-13(10-22)15(23)19-16(18-14)17(2,3)4/h8H,6-7,9-10H2,1-5H3,(H,18,19,23). The van der Waals surface area contributed by atoms with Gasteiger partial charge in [0.1, 0.15) is 5.82 Å². The molecule has 0 saturated carbocycles.